The molecule has 0 spiro atoms. The first-order valence-corrected chi connectivity index (χ1v) is 9.02. The van der Waals surface area contributed by atoms with Crippen molar-refractivity contribution in [2.24, 2.45) is 0 Å². The number of nitrogens with one attached hydrogen (secondary N) is 2. The Morgan fingerprint density at radius 3 is 1.90 bits per heavy atom. The van der Waals surface area contributed by atoms with Gasteiger partial charge in [0.05, 0.1) is 10.7 Å². The summed E-state index contributed by atoms with van der Waals surface area (Å²) in [5.74, 6) is 0. The van der Waals surface area contributed by atoms with Gasteiger partial charge in [0.25, 0.3) is 0 Å². The first-order valence-electron chi connectivity index (χ1n) is 8.64. The summed E-state index contributed by atoms with van der Waals surface area (Å²) in [7, 11) is 0. The van der Waals surface area contributed by atoms with E-state index in [1.807, 2.05) is 0 Å². The van der Waals surface area contributed by atoms with E-state index in [-0.39, 0.29) is 0 Å². The van der Waals surface area contributed by atoms with Crippen molar-refractivity contribution in [2.45, 2.75) is 76.3 Å². The van der Waals surface area contributed by atoms with Gasteiger partial charge >= 0.3 is 0 Å². The summed E-state index contributed by atoms with van der Waals surface area (Å²) in [5.41, 5.74) is 2.26. The third-order valence-electron chi connectivity index (χ3n) is 4.91. The SMILES string of the molecule is Clc1cc(NC2CCCCC2)ccc1NC1CCCCC1. The zero-order valence-corrected chi connectivity index (χ0v) is 13.6. The van der Waals surface area contributed by atoms with Crippen molar-refractivity contribution in [2.75, 3.05) is 10.6 Å². The van der Waals surface area contributed by atoms with Gasteiger partial charge in [-0.1, -0.05) is 50.1 Å². The van der Waals surface area contributed by atoms with E-state index in [9.17, 15) is 0 Å². The molecule has 2 aliphatic carbocycles. The fourth-order valence-corrected chi connectivity index (χ4v) is 3.91. The number of anilines is 2. The highest BCUT2D eigenvalue weighted by Gasteiger charge is 2.16. The molecule has 0 aromatic heterocycles. The van der Waals surface area contributed by atoms with Crippen molar-refractivity contribution in [3.05, 3.63) is 23.2 Å². The van der Waals surface area contributed by atoms with Gasteiger partial charge in [-0.2, -0.15) is 0 Å². The lowest BCUT2D eigenvalue weighted by atomic mass is 9.95. The number of hydrogen-bond donors (Lipinski definition) is 2. The van der Waals surface area contributed by atoms with E-state index >= 15 is 0 Å². The maximum absolute atomic E-state index is 6.46. The van der Waals surface area contributed by atoms with Crippen LogP contribution in [0.25, 0.3) is 0 Å². The molecule has 21 heavy (non-hydrogen) atoms. The number of benzene rings is 1. The quantitative estimate of drug-likeness (QED) is 0.731. The van der Waals surface area contributed by atoms with Crippen LogP contribution in [-0.4, -0.2) is 12.1 Å². The van der Waals surface area contributed by atoms with Gasteiger partial charge in [-0.05, 0) is 43.9 Å². The second-order valence-electron chi connectivity index (χ2n) is 6.65. The average Bonchev–Trinajstić information content (AvgIpc) is 2.52. The molecule has 0 bridgehead atoms. The lowest BCUT2D eigenvalue weighted by Gasteiger charge is -2.26. The van der Waals surface area contributed by atoms with Crippen LogP contribution in [0.4, 0.5) is 11.4 Å². The number of halogens is 1. The highest BCUT2D eigenvalue weighted by molar-refractivity contribution is 6.33. The van der Waals surface area contributed by atoms with Gasteiger partial charge in [0, 0.05) is 17.8 Å². The van der Waals surface area contributed by atoms with Crippen LogP contribution in [0.5, 0.6) is 0 Å². The highest BCUT2D eigenvalue weighted by atomic mass is 35.5. The minimum absolute atomic E-state index is 0.605. The molecule has 0 radical (unpaired) electrons. The Labute approximate surface area is 133 Å². The Kier molecular flexibility index (Phi) is 5.29. The molecule has 0 heterocycles. The van der Waals surface area contributed by atoms with Crippen molar-refractivity contribution in [1.82, 2.24) is 0 Å². The van der Waals surface area contributed by atoms with Gasteiger partial charge in [0.2, 0.25) is 0 Å². The van der Waals surface area contributed by atoms with Crippen molar-refractivity contribution in [1.29, 1.82) is 0 Å². The molecule has 2 N–H and O–H groups in total. The average molecular weight is 307 g/mol. The zero-order chi connectivity index (χ0) is 14.5. The summed E-state index contributed by atoms with van der Waals surface area (Å²) in [5, 5.41) is 8.11. The molecular formula is C18H27ClN2. The summed E-state index contributed by atoms with van der Waals surface area (Å²) in [6, 6.07) is 7.63. The Bertz CT molecular complexity index is 449. The van der Waals surface area contributed by atoms with Crippen LogP contribution < -0.4 is 10.6 Å². The number of hydrogen-bond acceptors (Lipinski definition) is 2. The van der Waals surface area contributed by atoms with Crippen LogP contribution in [0.15, 0.2) is 18.2 Å². The molecule has 2 aliphatic rings. The van der Waals surface area contributed by atoms with Gasteiger partial charge in [0.15, 0.2) is 0 Å². The summed E-state index contributed by atoms with van der Waals surface area (Å²) in [6.45, 7) is 0. The van der Waals surface area contributed by atoms with Crippen LogP contribution in [0.2, 0.25) is 5.02 Å². The summed E-state index contributed by atoms with van der Waals surface area (Å²) in [4.78, 5) is 0. The predicted molar refractivity (Wildman–Crippen MR) is 92.4 cm³/mol. The maximum atomic E-state index is 6.46. The molecule has 0 saturated heterocycles. The number of rotatable bonds is 4. The van der Waals surface area contributed by atoms with E-state index in [0.29, 0.717) is 12.1 Å². The molecule has 0 unspecified atom stereocenters. The van der Waals surface area contributed by atoms with Crippen molar-refractivity contribution < 1.29 is 0 Å². The van der Waals surface area contributed by atoms with Gasteiger partial charge in [0.1, 0.15) is 0 Å². The second kappa shape index (κ2) is 7.40. The zero-order valence-electron chi connectivity index (χ0n) is 12.8. The minimum atomic E-state index is 0.605. The van der Waals surface area contributed by atoms with E-state index in [4.69, 9.17) is 11.6 Å². The largest absolute Gasteiger partial charge is 0.382 e. The third kappa shape index (κ3) is 4.29. The Morgan fingerprint density at radius 1 is 0.762 bits per heavy atom. The molecule has 1 aromatic carbocycles. The molecule has 2 nitrogen and oxygen atoms in total. The van der Waals surface area contributed by atoms with E-state index < -0.39 is 0 Å². The van der Waals surface area contributed by atoms with Gasteiger partial charge in [-0.15, -0.1) is 0 Å². The van der Waals surface area contributed by atoms with E-state index in [1.54, 1.807) is 0 Å². The van der Waals surface area contributed by atoms with Crippen molar-refractivity contribution >= 4 is 23.0 Å². The first kappa shape index (κ1) is 15.0. The Morgan fingerprint density at radius 2 is 1.33 bits per heavy atom. The van der Waals surface area contributed by atoms with E-state index in [1.165, 1.54) is 69.9 Å². The molecule has 116 valence electrons. The van der Waals surface area contributed by atoms with Crippen LogP contribution in [0.1, 0.15) is 64.2 Å². The van der Waals surface area contributed by atoms with E-state index in [2.05, 4.69) is 28.8 Å². The molecule has 0 amide bonds. The fourth-order valence-electron chi connectivity index (χ4n) is 3.67. The summed E-state index contributed by atoms with van der Waals surface area (Å²) < 4.78 is 0. The summed E-state index contributed by atoms with van der Waals surface area (Å²) in [6.07, 6.45) is 13.3. The Balaban J connectivity index is 1.59. The van der Waals surface area contributed by atoms with E-state index in [0.717, 1.165) is 10.7 Å². The molecule has 2 fully saturated rings. The topological polar surface area (TPSA) is 24.1 Å². The van der Waals surface area contributed by atoms with Gasteiger partial charge in [-0.25, -0.2) is 0 Å². The monoisotopic (exact) mass is 306 g/mol. The van der Waals surface area contributed by atoms with Crippen LogP contribution in [0.3, 0.4) is 0 Å². The second-order valence-corrected chi connectivity index (χ2v) is 7.06. The molecule has 3 rings (SSSR count). The van der Waals surface area contributed by atoms with Crippen molar-refractivity contribution in [3.8, 4) is 0 Å². The van der Waals surface area contributed by atoms with Crippen LogP contribution >= 0.6 is 11.6 Å². The summed E-state index contributed by atoms with van der Waals surface area (Å²) >= 11 is 6.46. The predicted octanol–water partition coefficient (Wildman–Crippen LogP) is 5.83. The van der Waals surface area contributed by atoms with Gasteiger partial charge in [-0.3, -0.25) is 0 Å². The molecule has 0 aliphatic heterocycles. The standard InChI is InChI=1S/C18H27ClN2/c19-17-13-16(20-14-7-3-1-4-8-14)11-12-18(17)21-15-9-5-2-6-10-15/h11-15,20-21H,1-10H2. The third-order valence-corrected chi connectivity index (χ3v) is 5.22. The minimum Gasteiger partial charge on any atom is -0.382 e. The van der Waals surface area contributed by atoms with Crippen LogP contribution in [0, 0.1) is 0 Å². The normalized spacial score (nSPS) is 21.2. The smallest absolute Gasteiger partial charge is 0.0658 e. The molecular weight excluding hydrogens is 280 g/mol. The lowest BCUT2D eigenvalue weighted by Crippen LogP contribution is -2.23. The fraction of sp³-hybridized carbons (Fsp3) is 0.667. The van der Waals surface area contributed by atoms with Crippen LogP contribution in [-0.2, 0) is 0 Å². The molecule has 0 atom stereocenters. The highest BCUT2D eigenvalue weighted by Crippen LogP contribution is 2.30. The lowest BCUT2D eigenvalue weighted by molar-refractivity contribution is 0.462. The molecule has 3 heteroatoms. The van der Waals surface area contributed by atoms with Crippen molar-refractivity contribution in [3.63, 3.8) is 0 Å². The van der Waals surface area contributed by atoms with Gasteiger partial charge < -0.3 is 10.6 Å². The maximum Gasteiger partial charge on any atom is 0.0658 e. The molecule has 2 saturated carbocycles. The molecule has 1 aromatic rings. The Hall–Kier alpha value is -0.890. The first-order chi connectivity index (χ1) is 10.3.